The first-order valence-corrected chi connectivity index (χ1v) is 7.98. The van der Waals surface area contributed by atoms with Gasteiger partial charge in [-0.25, -0.2) is 0 Å². The highest BCUT2D eigenvalue weighted by Gasteiger charge is 2.39. The molecular weight excluding hydrogens is 252 g/mol. The van der Waals surface area contributed by atoms with Crippen molar-refractivity contribution in [1.82, 2.24) is 10.6 Å². The summed E-state index contributed by atoms with van der Waals surface area (Å²) in [6, 6.07) is 0.318. The zero-order valence-corrected chi connectivity index (χ0v) is 11.9. The second-order valence-electron chi connectivity index (χ2n) is 6.51. The van der Waals surface area contributed by atoms with Crippen LogP contribution in [0.25, 0.3) is 0 Å². The van der Waals surface area contributed by atoms with Crippen molar-refractivity contribution >= 4 is 11.8 Å². The van der Waals surface area contributed by atoms with Crippen LogP contribution in [0.5, 0.6) is 0 Å². The Bertz CT molecular complexity index is 413. The van der Waals surface area contributed by atoms with Crippen LogP contribution < -0.4 is 10.6 Å². The molecule has 3 aliphatic carbocycles. The summed E-state index contributed by atoms with van der Waals surface area (Å²) in [7, 11) is 0. The third kappa shape index (κ3) is 3.05. The second-order valence-corrected chi connectivity index (χ2v) is 6.51. The van der Waals surface area contributed by atoms with Crippen molar-refractivity contribution in [3.63, 3.8) is 0 Å². The van der Waals surface area contributed by atoms with Crippen LogP contribution in [0.1, 0.15) is 44.9 Å². The van der Waals surface area contributed by atoms with Gasteiger partial charge in [0.15, 0.2) is 0 Å². The summed E-state index contributed by atoms with van der Waals surface area (Å²) in [5.41, 5.74) is 0. The Hall–Kier alpha value is -1.32. The van der Waals surface area contributed by atoms with Gasteiger partial charge in [-0.2, -0.15) is 0 Å². The van der Waals surface area contributed by atoms with Crippen LogP contribution in [-0.2, 0) is 9.59 Å². The molecule has 0 unspecified atom stereocenters. The number of hydrogen-bond donors (Lipinski definition) is 2. The fraction of sp³-hybridized carbons (Fsp3) is 0.750. The molecule has 0 saturated heterocycles. The number of rotatable bonds is 4. The van der Waals surface area contributed by atoms with Crippen molar-refractivity contribution in [2.24, 2.45) is 17.8 Å². The van der Waals surface area contributed by atoms with Crippen molar-refractivity contribution in [3.8, 4) is 0 Å². The molecule has 2 bridgehead atoms. The van der Waals surface area contributed by atoms with Crippen LogP contribution in [0.3, 0.4) is 0 Å². The molecule has 4 nitrogen and oxygen atoms in total. The highest BCUT2D eigenvalue weighted by Crippen LogP contribution is 2.43. The number of nitrogens with one attached hydrogen (secondary N) is 2. The highest BCUT2D eigenvalue weighted by atomic mass is 16.2. The van der Waals surface area contributed by atoms with E-state index in [1.54, 1.807) is 0 Å². The molecule has 0 radical (unpaired) electrons. The van der Waals surface area contributed by atoms with Crippen molar-refractivity contribution in [2.45, 2.75) is 51.0 Å². The largest absolute Gasteiger partial charge is 0.352 e. The van der Waals surface area contributed by atoms with Gasteiger partial charge in [-0.3, -0.25) is 9.59 Å². The van der Waals surface area contributed by atoms with Gasteiger partial charge in [0.1, 0.15) is 0 Å². The third-order valence-electron chi connectivity index (χ3n) is 5.01. The first-order chi connectivity index (χ1) is 9.72. The lowest BCUT2D eigenvalue weighted by Crippen LogP contribution is -2.44. The maximum absolute atomic E-state index is 12.1. The number of carbonyl (C=O) groups excluding carboxylic acids is 2. The smallest absolute Gasteiger partial charge is 0.239 e. The molecule has 20 heavy (non-hydrogen) atoms. The van der Waals surface area contributed by atoms with Crippen LogP contribution in [0.15, 0.2) is 12.2 Å². The van der Waals surface area contributed by atoms with Gasteiger partial charge in [-0.05, 0) is 37.5 Å². The van der Waals surface area contributed by atoms with E-state index in [-0.39, 0.29) is 24.3 Å². The summed E-state index contributed by atoms with van der Waals surface area (Å²) in [5.74, 6) is 1.10. The summed E-state index contributed by atoms with van der Waals surface area (Å²) < 4.78 is 0. The normalized spacial score (nSPS) is 32.3. The van der Waals surface area contributed by atoms with Gasteiger partial charge in [-0.1, -0.05) is 31.4 Å². The van der Waals surface area contributed by atoms with E-state index >= 15 is 0 Å². The van der Waals surface area contributed by atoms with E-state index in [4.69, 9.17) is 0 Å². The van der Waals surface area contributed by atoms with Crippen LogP contribution in [-0.4, -0.2) is 24.4 Å². The minimum Gasteiger partial charge on any atom is -0.352 e. The van der Waals surface area contributed by atoms with Gasteiger partial charge in [0.2, 0.25) is 11.8 Å². The van der Waals surface area contributed by atoms with Gasteiger partial charge in [0, 0.05) is 12.0 Å². The lowest BCUT2D eigenvalue weighted by molar-refractivity contribution is -0.129. The molecule has 0 aromatic rings. The van der Waals surface area contributed by atoms with E-state index in [1.807, 2.05) is 0 Å². The zero-order valence-electron chi connectivity index (χ0n) is 11.9. The van der Waals surface area contributed by atoms with Crippen LogP contribution in [0.2, 0.25) is 0 Å². The Kier molecular flexibility index (Phi) is 4.08. The lowest BCUT2D eigenvalue weighted by atomic mass is 9.93. The molecule has 3 atom stereocenters. The Balaban J connectivity index is 1.39. The minimum atomic E-state index is -0.0380. The highest BCUT2D eigenvalue weighted by molar-refractivity contribution is 5.86. The molecule has 2 saturated carbocycles. The van der Waals surface area contributed by atoms with E-state index in [1.165, 1.54) is 19.3 Å². The fourth-order valence-electron chi connectivity index (χ4n) is 3.91. The summed E-state index contributed by atoms with van der Waals surface area (Å²) >= 11 is 0. The van der Waals surface area contributed by atoms with Crippen LogP contribution in [0, 0.1) is 17.8 Å². The topological polar surface area (TPSA) is 58.2 Å². The van der Waals surface area contributed by atoms with Gasteiger partial charge in [0.05, 0.1) is 6.54 Å². The molecule has 0 aromatic heterocycles. The molecule has 0 aromatic carbocycles. The van der Waals surface area contributed by atoms with Crippen molar-refractivity contribution in [1.29, 1.82) is 0 Å². The summed E-state index contributed by atoms with van der Waals surface area (Å²) in [4.78, 5) is 24.0. The van der Waals surface area contributed by atoms with Crippen LogP contribution >= 0.6 is 0 Å². The summed E-state index contributed by atoms with van der Waals surface area (Å²) in [6.07, 6.45) is 12.3. The Morgan fingerprint density at radius 3 is 2.50 bits per heavy atom. The van der Waals surface area contributed by atoms with Crippen LogP contribution in [0.4, 0.5) is 0 Å². The maximum Gasteiger partial charge on any atom is 0.239 e. The quantitative estimate of drug-likeness (QED) is 0.769. The van der Waals surface area contributed by atoms with E-state index in [0.717, 1.165) is 25.7 Å². The monoisotopic (exact) mass is 276 g/mol. The van der Waals surface area contributed by atoms with Gasteiger partial charge >= 0.3 is 0 Å². The fourth-order valence-corrected chi connectivity index (χ4v) is 3.91. The van der Waals surface area contributed by atoms with E-state index in [2.05, 4.69) is 22.8 Å². The summed E-state index contributed by atoms with van der Waals surface area (Å²) in [5, 5.41) is 5.85. The third-order valence-corrected chi connectivity index (χ3v) is 5.01. The van der Waals surface area contributed by atoms with Gasteiger partial charge < -0.3 is 10.6 Å². The Morgan fingerprint density at radius 1 is 1.05 bits per heavy atom. The van der Waals surface area contributed by atoms with Crippen molar-refractivity contribution in [3.05, 3.63) is 12.2 Å². The first-order valence-electron chi connectivity index (χ1n) is 7.98. The number of carbonyl (C=O) groups is 2. The van der Waals surface area contributed by atoms with Crippen molar-refractivity contribution in [2.75, 3.05) is 6.54 Å². The average molecular weight is 276 g/mol. The Morgan fingerprint density at radius 2 is 1.85 bits per heavy atom. The maximum atomic E-state index is 12.1. The molecule has 3 aliphatic rings. The number of hydrogen-bond acceptors (Lipinski definition) is 2. The van der Waals surface area contributed by atoms with E-state index in [9.17, 15) is 9.59 Å². The summed E-state index contributed by atoms with van der Waals surface area (Å²) in [6.45, 7) is 0.132. The second kappa shape index (κ2) is 5.98. The lowest BCUT2D eigenvalue weighted by Gasteiger charge is -2.23. The molecule has 0 heterocycles. The molecule has 3 rings (SSSR count). The van der Waals surface area contributed by atoms with Crippen molar-refractivity contribution < 1.29 is 9.59 Å². The molecule has 4 heteroatoms. The first kappa shape index (κ1) is 13.7. The Labute approximate surface area is 120 Å². The number of amides is 2. The van der Waals surface area contributed by atoms with E-state index < -0.39 is 0 Å². The molecule has 2 amide bonds. The zero-order chi connectivity index (χ0) is 13.9. The molecule has 110 valence electrons. The SMILES string of the molecule is O=C(CNC(=O)[C@@H]1C[C@H]2C=C[C@H]1C2)NC1CCCCC1. The molecule has 0 aliphatic heterocycles. The number of fused-ring (bicyclic) bond motifs is 2. The molecule has 2 fully saturated rings. The molecular formula is C16H24N2O2. The standard InChI is InChI=1S/C16H24N2O2/c19-15(18-13-4-2-1-3-5-13)10-17-16(20)14-9-11-6-7-12(14)8-11/h6-7,11-14H,1-5,8-10H2,(H,17,20)(H,18,19)/t11-,12-,14+/m0/s1. The predicted octanol–water partition coefficient (Wildman–Crippen LogP) is 1.76. The predicted molar refractivity (Wildman–Crippen MR) is 76.9 cm³/mol. The van der Waals surface area contributed by atoms with Gasteiger partial charge in [-0.15, -0.1) is 0 Å². The number of allylic oxidation sites excluding steroid dienone is 2. The van der Waals surface area contributed by atoms with E-state index in [0.29, 0.717) is 17.9 Å². The molecule has 0 spiro atoms. The van der Waals surface area contributed by atoms with Gasteiger partial charge in [0.25, 0.3) is 0 Å². The molecule has 2 N–H and O–H groups in total. The average Bonchev–Trinajstić information content (AvgIpc) is 3.08. The minimum absolute atomic E-state index is 0.0380.